The molecule has 0 bridgehead atoms. The molecule has 9 heteroatoms. The van der Waals surface area contributed by atoms with Crippen molar-refractivity contribution in [3.8, 4) is 11.3 Å². The second-order valence-electron chi connectivity index (χ2n) is 7.64. The fourth-order valence-corrected chi connectivity index (χ4v) is 3.63. The first kappa shape index (κ1) is 22.4. The second kappa shape index (κ2) is 9.81. The van der Waals surface area contributed by atoms with Gasteiger partial charge in [0.2, 0.25) is 5.95 Å². The number of piperidine rings is 1. The molecule has 0 saturated carbocycles. The number of aromatic nitrogens is 2. The molecule has 0 unspecified atom stereocenters. The zero-order chi connectivity index (χ0) is 23.3. The van der Waals surface area contributed by atoms with Gasteiger partial charge in [-0.2, -0.15) is 18.3 Å². The fraction of sp³-hybridized carbons (Fsp3) is 0.250. The summed E-state index contributed by atoms with van der Waals surface area (Å²) in [5, 5.41) is 3.74. The number of rotatable bonds is 5. The van der Waals surface area contributed by atoms with Crippen molar-refractivity contribution in [2.45, 2.75) is 25.4 Å². The Labute approximate surface area is 189 Å². The van der Waals surface area contributed by atoms with Gasteiger partial charge in [0.25, 0.3) is 5.91 Å². The number of benzene rings is 2. The lowest BCUT2D eigenvalue weighted by molar-refractivity contribution is -0.137. The molecule has 4 rings (SSSR count). The molecule has 3 aromatic rings. The van der Waals surface area contributed by atoms with Crippen LogP contribution in [0.5, 0.6) is 0 Å². The molecule has 1 fully saturated rings. The van der Waals surface area contributed by atoms with E-state index in [0.29, 0.717) is 11.6 Å². The summed E-state index contributed by atoms with van der Waals surface area (Å²) in [5.74, 6) is -0.179. The van der Waals surface area contributed by atoms with Crippen molar-refractivity contribution in [3.63, 3.8) is 0 Å². The van der Waals surface area contributed by atoms with E-state index in [4.69, 9.17) is 0 Å². The van der Waals surface area contributed by atoms with Crippen molar-refractivity contribution in [2.75, 3.05) is 18.0 Å². The maximum atomic E-state index is 13.2. The highest BCUT2D eigenvalue weighted by atomic mass is 19.4. The van der Waals surface area contributed by atoms with Gasteiger partial charge in [0.05, 0.1) is 17.5 Å². The fourth-order valence-electron chi connectivity index (χ4n) is 3.63. The summed E-state index contributed by atoms with van der Waals surface area (Å²) >= 11 is 0. The average Bonchev–Trinajstić information content (AvgIpc) is 2.84. The minimum absolute atomic E-state index is 0.0886. The molecule has 1 aliphatic rings. The number of nitrogens with zero attached hydrogens (tertiary/aromatic N) is 4. The van der Waals surface area contributed by atoms with Crippen LogP contribution in [0.4, 0.5) is 19.1 Å². The normalized spacial score (nSPS) is 14.5. The van der Waals surface area contributed by atoms with Gasteiger partial charge < -0.3 is 4.90 Å². The van der Waals surface area contributed by atoms with Gasteiger partial charge in [0.15, 0.2) is 0 Å². The van der Waals surface area contributed by atoms with Crippen LogP contribution in [0.1, 0.15) is 40.9 Å². The van der Waals surface area contributed by atoms with E-state index in [1.165, 1.54) is 18.2 Å². The molecule has 0 aliphatic carbocycles. The predicted molar refractivity (Wildman–Crippen MR) is 120 cm³/mol. The number of hydrazone groups is 1. The highest BCUT2D eigenvalue weighted by molar-refractivity contribution is 5.94. The molecule has 1 aliphatic heterocycles. The Morgan fingerprint density at radius 1 is 0.970 bits per heavy atom. The van der Waals surface area contributed by atoms with Gasteiger partial charge in [-0.1, -0.05) is 48.5 Å². The molecule has 2 aromatic carbocycles. The zero-order valence-corrected chi connectivity index (χ0v) is 17.7. The van der Waals surface area contributed by atoms with Crippen molar-refractivity contribution in [1.82, 2.24) is 15.4 Å². The summed E-state index contributed by atoms with van der Waals surface area (Å²) in [5.41, 5.74) is 2.82. The van der Waals surface area contributed by atoms with Gasteiger partial charge >= 0.3 is 6.18 Å². The van der Waals surface area contributed by atoms with Crippen LogP contribution in [0.2, 0.25) is 0 Å². The first-order valence-electron chi connectivity index (χ1n) is 10.6. The topological polar surface area (TPSA) is 70.5 Å². The number of amides is 1. The quantitative estimate of drug-likeness (QED) is 0.440. The van der Waals surface area contributed by atoms with E-state index in [2.05, 4.69) is 20.5 Å². The lowest BCUT2D eigenvalue weighted by atomic mass is 10.1. The smallest absolute Gasteiger partial charge is 0.341 e. The number of anilines is 1. The van der Waals surface area contributed by atoms with E-state index >= 15 is 0 Å². The summed E-state index contributed by atoms with van der Waals surface area (Å²) < 4.78 is 39.5. The summed E-state index contributed by atoms with van der Waals surface area (Å²) in [6.45, 7) is 1.59. The molecule has 33 heavy (non-hydrogen) atoms. The van der Waals surface area contributed by atoms with E-state index in [1.54, 1.807) is 6.07 Å². The van der Waals surface area contributed by atoms with Crippen LogP contribution in [0.3, 0.4) is 0 Å². The van der Waals surface area contributed by atoms with E-state index < -0.39 is 17.6 Å². The Hall–Kier alpha value is -3.75. The SMILES string of the molecule is O=C(N/N=C/c1ccccc1C(F)(F)F)c1cc(-c2ccccc2)nc(N2CCCCC2)n1. The van der Waals surface area contributed by atoms with Gasteiger partial charge in [0, 0.05) is 24.2 Å². The highest BCUT2D eigenvalue weighted by Crippen LogP contribution is 2.31. The lowest BCUT2D eigenvalue weighted by Crippen LogP contribution is -2.32. The van der Waals surface area contributed by atoms with E-state index in [0.717, 1.165) is 50.2 Å². The number of nitrogens with one attached hydrogen (secondary N) is 1. The molecule has 6 nitrogen and oxygen atoms in total. The number of carbonyl (C=O) groups is 1. The van der Waals surface area contributed by atoms with Crippen LogP contribution in [-0.4, -0.2) is 35.2 Å². The molecular weight excluding hydrogens is 431 g/mol. The first-order chi connectivity index (χ1) is 15.9. The standard InChI is InChI=1S/C24H22F3N5O/c25-24(26,27)19-12-6-5-11-18(19)16-28-31-22(33)21-15-20(17-9-3-1-4-10-17)29-23(30-21)32-13-7-2-8-14-32/h1,3-6,9-12,15-16H,2,7-8,13-14H2,(H,31,33)/b28-16+. The maximum Gasteiger partial charge on any atom is 0.417 e. The molecule has 0 atom stereocenters. The molecule has 170 valence electrons. The molecule has 1 aromatic heterocycles. The third-order valence-corrected chi connectivity index (χ3v) is 5.29. The maximum absolute atomic E-state index is 13.2. The number of hydrogen-bond donors (Lipinski definition) is 1. The van der Waals surface area contributed by atoms with Crippen LogP contribution >= 0.6 is 0 Å². The van der Waals surface area contributed by atoms with Crippen molar-refractivity contribution in [3.05, 3.63) is 77.5 Å². The summed E-state index contributed by atoms with van der Waals surface area (Å²) in [7, 11) is 0. The Morgan fingerprint density at radius 2 is 1.67 bits per heavy atom. The van der Waals surface area contributed by atoms with Crippen molar-refractivity contribution in [2.24, 2.45) is 5.10 Å². The molecule has 1 N–H and O–H groups in total. The third-order valence-electron chi connectivity index (χ3n) is 5.29. The minimum Gasteiger partial charge on any atom is -0.341 e. The van der Waals surface area contributed by atoms with Crippen LogP contribution < -0.4 is 10.3 Å². The summed E-state index contributed by atoms with van der Waals surface area (Å²) in [4.78, 5) is 23.9. The average molecular weight is 453 g/mol. The summed E-state index contributed by atoms with van der Waals surface area (Å²) in [6, 6.07) is 16.0. The molecule has 2 heterocycles. The van der Waals surface area contributed by atoms with Gasteiger partial charge in [-0.05, 0) is 31.4 Å². The molecule has 0 spiro atoms. The van der Waals surface area contributed by atoms with Gasteiger partial charge in [-0.25, -0.2) is 15.4 Å². The van der Waals surface area contributed by atoms with Crippen LogP contribution in [0.15, 0.2) is 65.8 Å². The third kappa shape index (κ3) is 5.54. The van der Waals surface area contributed by atoms with Gasteiger partial charge in [0.1, 0.15) is 5.69 Å². The Balaban J connectivity index is 1.60. The largest absolute Gasteiger partial charge is 0.417 e. The van der Waals surface area contributed by atoms with E-state index in [9.17, 15) is 18.0 Å². The Bertz CT molecular complexity index is 1140. The zero-order valence-electron chi connectivity index (χ0n) is 17.7. The number of halogens is 3. The highest BCUT2D eigenvalue weighted by Gasteiger charge is 2.32. The van der Waals surface area contributed by atoms with E-state index in [1.807, 2.05) is 35.2 Å². The van der Waals surface area contributed by atoms with Crippen molar-refractivity contribution >= 4 is 18.1 Å². The number of alkyl halides is 3. The number of carbonyl (C=O) groups excluding carboxylic acids is 1. The van der Waals surface area contributed by atoms with Crippen molar-refractivity contribution in [1.29, 1.82) is 0 Å². The monoisotopic (exact) mass is 453 g/mol. The van der Waals surface area contributed by atoms with Crippen molar-refractivity contribution < 1.29 is 18.0 Å². The Kier molecular flexibility index (Phi) is 6.67. The Morgan fingerprint density at radius 3 is 2.39 bits per heavy atom. The second-order valence-corrected chi connectivity index (χ2v) is 7.64. The molecule has 1 saturated heterocycles. The predicted octanol–water partition coefficient (Wildman–Crippen LogP) is 4.92. The van der Waals surface area contributed by atoms with Gasteiger partial charge in [-0.15, -0.1) is 0 Å². The molecule has 0 radical (unpaired) electrons. The van der Waals surface area contributed by atoms with Crippen LogP contribution in [0.25, 0.3) is 11.3 Å². The first-order valence-corrected chi connectivity index (χ1v) is 10.6. The van der Waals surface area contributed by atoms with Crippen LogP contribution in [-0.2, 0) is 6.18 Å². The molecular formula is C24H22F3N5O. The number of hydrogen-bond acceptors (Lipinski definition) is 5. The van der Waals surface area contributed by atoms with E-state index in [-0.39, 0.29) is 11.3 Å². The lowest BCUT2D eigenvalue weighted by Gasteiger charge is -2.27. The summed E-state index contributed by atoms with van der Waals surface area (Å²) in [6.07, 6.45) is -0.373. The van der Waals surface area contributed by atoms with Gasteiger partial charge in [-0.3, -0.25) is 4.79 Å². The minimum atomic E-state index is -4.52. The molecule has 1 amide bonds. The van der Waals surface area contributed by atoms with Crippen LogP contribution in [0, 0.1) is 0 Å².